The Morgan fingerprint density at radius 2 is 1.32 bits per heavy atom. The molecule has 0 aliphatic heterocycles. The zero-order chi connectivity index (χ0) is 43.9. The summed E-state index contributed by atoms with van der Waals surface area (Å²) in [7, 11) is 0. The van der Waals surface area contributed by atoms with E-state index in [0.29, 0.717) is 0 Å². The number of hydrogen-bond donors (Lipinski definition) is 0. The standard InChI is InChI=1S/C37H23N2O.C19H26GeN.Ir/c1-3-13-25(14-4-1)27-18-11-19-28(26-15-5-2-6-16-26)35(27)39-33-23-9-8-22-32(33)38-37(39)31-21-12-20-30-29-17-7-10-24-34(29)40-36(30)31;1-19(2,3)13-16-12-18(15-10-8-7-9-11-15)21-14-17(16)20(4,5)6;/h1-20,22-24H;7-10,12,14H,13H2,1-6H3;/q2*-1;/i;13D2;. The van der Waals surface area contributed by atoms with Crippen LogP contribution in [0, 0.1) is 17.5 Å². The third-order valence-electron chi connectivity index (χ3n) is 10.8. The Bertz CT molecular complexity index is 3170. The average molecular weight is 1050 g/mol. The monoisotopic (exact) mass is 1050 g/mol. The van der Waals surface area contributed by atoms with E-state index in [1.54, 1.807) is 0 Å². The molecule has 6 heteroatoms. The Labute approximate surface area is 384 Å². The van der Waals surface area contributed by atoms with Crippen LogP contribution in [0.4, 0.5) is 0 Å². The summed E-state index contributed by atoms with van der Waals surface area (Å²) in [6.45, 7) is 5.88. The van der Waals surface area contributed by atoms with Gasteiger partial charge in [-0.25, -0.2) is 0 Å². The summed E-state index contributed by atoms with van der Waals surface area (Å²) < 4.78 is 27.4. The number of imidazole rings is 1. The van der Waals surface area contributed by atoms with Crippen LogP contribution >= 0.6 is 0 Å². The van der Waals surface area contributed by atoms with Crippen LogP contribution in [0.15, 0.2) is 180 Å². The van der Waals surface area contributed by atoms with Gasteiger partial charge in [-0.1, -0.05) is 120 Å². The van der Waals surface area contributed by atoms with Crippen molar-refractivity contribution in [1.82, 2.24) is 14.5 Å². The van der Waals surface area contributed by atoms with Crippen molar-refractivity contribution in [2.75, 3.05) is 0 Å². The fraction of sp³-hybridized carbons (Fsp3) is 0.143. The molecule has 0 N–H and O–H groups in total. The second-order valence-corrected chi connectivity index (χ2v) is 28.0. The summed E-state index contributed by atoms with van der Waals surface area (Å²) in [6, 6.07) is 64.6. The number of benzene rings is 7. The van der Waals surface area contributed by atoms with E-state index in [2.05, 4.69) is 148 Å². The first-order valence-corrected chi connectivity index (χ1v) is 28.2. The van der Waals surface area contributed by atoms with Crippen LogP contribution in [0.1, 0.15) is 29.1 Å². The van der Waals surface area contributed by atoms with Crippen LogP contribution < -0.4 is 4.40 Å². The van der Waals surface area contributed by atoms with Crippen LogP contribution in [0.2, 0.25) is 17.3 Å². The second-order valence-electron chi connectivity index (χ2n) is 17.4. The molecule has 4 nitrogen and oxygen atoms in total. The van der Waals surface area contributed by atoms with Crippen molar-refractivity contribution in [3.05, 3.63) is 194 Å². The molecule has 0 aliphatic carbocycles. The smallest absolute Gasteiger partial charge is 0.120 e. The van der Waals surface area contributed by atoms with Crippen molar-refractivity contribution in [2.45, 2.75) is 44.4 Å². The molecule has 10 aromatic rings. The molecule has 0 fully saturated rings. The molecule has 62 heavy (non-hydrogen) atoms. The van der Waals surface area contributed by atoms with Crippen LogP contribution in [0.25, 0.3) is 83.6 Å². The molecule has 0 amide bonds. The third kappa shape index (κ3) is 8.76. The zero-order valence-corrected chi connectivity index (χ0v) is 40.3. The molecular formula is C56H49GeIrN3O-2. The number of furan rings is 1. The fourth-order valence-corrected chi connectivity index (χ4v) is 10.9. The fourth-order valence-electron chi connectivity index (χ4n) is 8.02. The topological polar surface area (TPSA) is 43.9 Å². The molecule has 0 aliphatic rings. The van der Waals surface area contributed by atoms with Crippen molar-refractivity contribution in [2.24, 2.45) is 5.41 Å². The average Bonchev–Trinajstić information content (AvgIpc) is 3.88. The third-order valence-corrected chi connectivity index (χ3v) is 15.0. The molecule has 3 heterocycles. The number of rotatable bonds is 7. The van der Waals surface area contributed by atoms with Crippen LogP contribution in [0.3, 0.4) is 0 Å². The molecule has 0 atom stereocenters. The number of para-hydroxylation sites is 4. The molecule has 0 bridgehead atoms. The minimum absolute atomic E-state index is 0. The first kappa shape index (κ1) is 40.2. The summed E-state index contributed by atoms with van der Waals surface area (Å²) in [5.41, 5.74) is 12.1. The van der Waals surface area contributed by atoms with Crippen molar-refractivity contribution >= 4 is 50.6 Å². The molecule has 0 spiro atoms. The number of aromatic nitrogens is 3. The maximum absolute atomic E-state index is 8.76. The predicted octanol–water partition coefficient (Wildman–Crippen LogP) is 14.4. The largest absolute Gasteiger partial charge is 0.501 e. The second kappa shape index (κ2) is 17.9. The van der Waals surface area contributed by atoms with E-state index in [1.807, 2.05) is 87.6 Å². The SMILES string of the molecule is [2H]C([2H])(c1cc(-c2[c-]cccc2)nc[c]1[Ge]([CH3])([CH3])[CH3])C(C)(C)C.[Ir].[c-]1ccc2c(oc3ccccc32)c1-c1nc2ccccc2n1-c1c(-c2ccccc2)cccc1-c1ccccc1. The van der Waals surface area contributed by atoms with Crippen LogP contribution in [-0.2, 0) is 26.5 Å². The minimum Gasteiger partial charge on any atom is -0.501 e. The molecule has 0 saturated carbocycles. The van der Waals surface area contributed by atoms with Crippen molar-refractivity contribution < 1.29 is 27.3 Å². The van der Waals surface area contributed by atoms with Gasteiger partial charge in [-0.3, -0.25) is 4.98 Å². The van der Waals surface area contributed by atoms with Crippen molar-refractivity contribution in [3.63, 3.8) is 0 Å². The zero-order valence-electron chi connectivity index (χ0n) is 37.8. The van der Waals surface area contributed by atoms with Gasteiger partial charge in [0.15, 0.2) is 0 Å². The minimum atomic E-state index is -2.24. The Morgan fingerprint density at radius 3 is 1.98 bits per heavy atom. The Kier molecular flexibility index (Phi) is 11.6. The first-order chi connectivity index (χ1) is 30.3. The number of pyridine rings is 1. The van der Waals surface area contributed by atoms with Gasteiger partial charge < -0.3 is 8.98 Å². The quantitative estimate of drug-likeness (QED) is 0.118. The Hall–Kier alpha value is -5.85. The Morgan fingerprint density at radius 1 is 0.677 bits per heavy atom. The molecule has 0 unspecified atom stereocenters. The number of nitrogens with zero attached hydrogens (tertiary/aromatic N) is 3. The van der Waals surface area contributed by atoms with Crippen molar-refractivity contribution in [1.29, 1.82) is 0 Å². The molecule has 1 radical (unpaired) electrons. The van der Waals surface area contributed by atoms with Gasteiger partial charge >= 0.3 is 135 Å². The van der Waals surface area contributed by atoms with E-state index >= 15 is 0 Å². The Balaban J connectivity index is 0.000000201. The van der Waals surface area contributed by atoms with E-state index in [0.717, 1.165) is 93.5 Å². The molecule has 0 saturated heterocycles. The molecule has 309 valence electrons. The summed E-state index contributed by atoms with van der Waals surface area (Å²) >= 11 is -2.24. The maximum Gasteiger partial charge on any atom is 0.120 e. The summed E-state index contributed by atoms with van der Waals surface area (Å²) in [6.07, 6.45) is 0.502. The van der Waals surface area contributed by atoms with Gasteiger partial charge in [0.25, 0.3) is 0 Å². The van der Waals surface area contributed by atoms with Gasteiger partial charge in [0.1, 0.15) is 5.58 Å². The van der Waals surface area contributed by atoms with Gasteiger partial charge in [0.2, 0.25) is 0 Å². The van der Waals surface area contributed by atoms with E-state index in [9.17, 15) is 0 Å². The van der Waals surface area contributed by atoms with E-state index in [4.69, 9.17) is 12.1 Å². The predicted molar refractivity (Wildman–Crippen MR) is 258 cm³/mol. The van der Waals surface area contributed by atoms with E-state index < -0.39 is 25.1 Å². The van der Waals surface area contributed by atoms with Gasteiger partial charge in [0, 0.05) is 36.6 Å². The number of hydrogen-bond acceptors (Lipinski definition) is 3. The van der Waals surface area contributed by atoms with Crippen LogP contribution in [0.5, 0.6) is 0 Å². The normalized spacial score (nSPS) is 12.4. The molecule has 7 aromatic carbocycles. The summed E-state index contributed by atoms with van der Waals surface area (Å²) in [5.74, 6) is 7.65. The summed E-state index contributed by atoms with van der Waals surface area (Å²) in [5, 5.41) is 2.15. The van der Waals surface area contributed by atoms with E-state index in [-0.39, 0.29) is 20.1 Å². The molecule has 3 aromatic heterocycles. The maximum atomic E-state index is 8.76. The number of fused-ring (bicyclic) bond motifs is 4. The van der Waals surface area contributed by atoms with Gasteiger partial charge in [-0.05, 0) is 29.3 Å². The molecule has 10 rings (SSSR count). The van der Waals surface area contributed by atoms with Gasteiger partial charge in [0.05, 0.1) is 28.1 Å². The van der Waals surface area contributed by atoms with E-state index in [1.165, 1.54) is 0 Å². The van der Waals surface area contributed by atoms with Gasteiger partial charge in [-0.15, -0.1) is 18.2 Å². The summed E-state index contributed by atoms with van der Waals surface area (Å²) in [4.78, 5) is 9.84. The molecular weight excluding hydrogens is 995 g/mol. The first-order valence-electron chi connectivity index (χ1n) is 21.8. The van der Waals surface area contributed by atoms with Crippen molar-refractivity contribution in [3.8, 4) is 50.6 Å². The van der Waals surface area contributed by atoms with Gasteiger partial charge in [-0.2, -0.15) is 0 Å². The van der Waals surface area contributed by atoms with Crippen LogP contribution in [-0.4, -0.2) is 27.8 Å².